The number of hydrogen-bond donors (Lipinski definition) is 5. The molecule has 1 aliphatic rings. The number of carboxylic acids is 1. The molecule has 0 fully saturated rings. The second kappa shape index (κ2) is 12.9. The van der Waals surface area contributed by atoms with Crippen LogP contribution in [0.2, 0.25) is 0 Å². The molecule has 1 atom stereocenters. The standard InChI is InChI=1S/C25H22FN5O5.C2HF3O2/c1-35-19-11-17(18(26)12-20(19)36-2)21(29-14-9-7-13(8-10-14)22(27)28)23(32)30-31-24(33)15-5-3-4-6-16(15)25(31)34;3-2(4,5)1(6)7/h3-12,21,29H,1-2H3,(H3,27,28)(H,30,32);(H,6,7). The van der Waals surface area contributed by atoms with Crippen molar-refractivity contribution in [1.82, 2.24) is 10.4 Å². The van der Waals surface area contributed by atoms with Gasteiger partial charge in [0.25, 0.3) is 17.7 Å². The number of ether oxygens (including phenoxy) is 2. The normalized spacial score (nSPS) is 12.8. The molecule has 0 aliphatic carbocycles. The van der Waals surface area contributed by atoms with Gasteiger partial charge in [0.2, 0.25) is 0 Å². The Morgan fingerprint density at radius 3 is 1.88 bits per heavy atom. The van der Waals surface area contributed by atoms with Gasteiger partial charge >= 0.3 is 12.1 Å². The molecule has 6 N–H and O–H groups in total. The number of benzene rings is 3. The molecule has 0 saturated heterocycles. The first kappa shape index (κ1) is 31.9. The highest BCUT2D eigenvalue weighted by molar-refractivity contribution is 6.21. The molecular weight excluding hydrogens is 582 g/mol. The minimum absolute atomic E-state index is 0.115. The molecular formula is C27H23F4N5O7. The molecule has 1 heterocycles. The van der Waals surface area contributed by atoms with Gasteiger partial charge in [-0.3, -0.25) is 25.2 Å². The molecule has 3 aromatic carbocycles. The lowest BCUT2D eigenvalue weighted by Crippen LogP contribution is -2.48. The predicted octanol–water partition coefficient (Wildman–Crippen LogP) is 3.24. The molecule has 12 nitrogen and oxygen atoms in total. The summed E-state index contributed by atoms with van der Waals surface area (Å²) in [6.45, 7) is 0. The summed E-state index contributed by atoms with van der Waals surface area (Å²) in [5.41, 5.74) is 8.79. The van der Waals surface area contributed by atoms with Crippen LogP contribution in [0.4, 0.5) is 23.2 Å². The second-order valence-electron chi connectivity index (χ2n) is 8.57. The summed E-state index contributed by atoms with van der Waals surface area (Å²) in [6.07, 6.45) is -5.08. The van der Waals surface area contributed by atoms with Gasteiger partial charge in [-0.15, -0.1) is 0 Å². The molecule has 0 radical (unpaired) electrons. The number of hydrogen-bond acceptors (Lipinski definition) is 8. The zero-order valence-electron chi connectivity index (χ0n) is 22.3. The molecule has 0 spiro atoms. The van der Waals surface area contributed by atoms with Crippen molar-refractivity contribution in [2.75, 3.05) is 19.5 Å². The topological polar surface area (TPSA) is 184 Å². The molecule has 3 aromatic rings. The zero-order valence-corrected chi connectivity index (χ0v) is 22.3. The molecule has 16 heteroatoms. The van der Waals surface area contributed by atoms with E-state index in [4.69, 9.17) is 30.5 Å². The van der Waals surface area contributed by atoms with E-state index in [0.29, 0.717) is 16.3 Å². The number of methoxy groups -OCH3 is 2. The zero-order chi connectivity index (χ0) is 32.1. The fraction of sp³-hybridized carbons (Fsp3) is 0.148. The number of amidine groups is 1. The molecule has 1 aliphatic heterocycles. The number of fused-ring (bicyclic) bond motifs is 1. The number of amides is 3. The van der Waals surface area contributed by atoms with Crippen LogP contribution in [0, 0.1) is 11.2 Å². The third-order valence-electron chi connectivity index (χ3n) is 5.84. The van der Waals surface area contributed by atoms with E-state index in [0.717, 1.165) is 6.07 Å². The number of alkyl halides is 3. The SMILES string of the molecule is COc1cc(F)c(C(Nc2ccc(C(=N)N)cc2)C(=O)NN2C(=O)c3ccccc3C2=O)cc1OC.O=C(O)C(F)(F)F. The van der Waals surface area contributed by atoms with Crippen molar-refractivity contribution in [3.8, 4) is 11.5 Å². The molecule has 226 valence electrons. The third kappa shape index (κ3) is 7.16. The van der Waals surface area contributed by atoms with Gasteiger partial charge in [0, 0.05) is 22.9 Å². The van der Waals surface area contributed by atoms with E-state index in [1.54, 1.807) is 36.4 Å². The van der Waals surface area contributed by atoms with E-state index >= 15 is 4.39 Å². The van der Waals surface area contributed by atoms with Crippen molar-refractivity contribution >= 4 is 35.2 Å². The van der Waals surface area contributed by atoms with Gasteiger partial charge < -0.3 is 25.6 Å². The smallest absolute Gasteiger partial charge is 0.490 e. The van der Waals surface area contributed by atoms with Crippen molar-refractivity contribution in [3.63, 3.8) is 0 Å². The first-order valence-corrected chi connectivity index (χ1v) is 11.9. The summed E-state index contributed by atoms with van der Waals surface area (Å²) in [6, 6.07) is 13.3. The number of nitrogens with two attached hydrogens (primary N) is 1. The minimum Gasteiger partial charge on any atom is -0.493 e. The van der Waals surface area contributed by atoms with Crippen LogP contribution in [0.15, 0.2) is 60.7 Å². The Morgan fingerprint density at radius 2 is 1.44 bits per heavy atom. The van der Waals surface area contributed by atoms with Crippen LogP contribution in [0.1, 0.15) is 37.9 Å². The van der Waals surface area contributed by atoms with Crippen LogP contribution in [0.25, 0.3) is 0 Å². The van der Waals surface area contributed by atoms with Gasteiger partial charge in [-0.1, -0.05) is 12.1 Å². The number of nitrogens with one attached hydrogen (secondary N) is 3. The molecule has 0 saturated carbocycles. The van der Waals surface area contributed by atoms with E-state index in [-0.39, 0.29) is 34.0 Å². The lowest BCUT2D eigenvalue weighted by atomic mass is 10.0. The second-order valence-corrected chi connectivity index (χ2v) is 8.57. The Kier molecular flexibility index (Phi) is 9.54. The summed E-state index contributed by atoms with van der Waals surface area (Å²) in [5.74, 6) is -5.71. The Morgan fingerprint density at radius 1 is 0.953 bits per heavy atom. The minimum atomic E-state index is -5.08. The number of imide groups is 1. The summed E-state index contributed by atoms with van der Waals surface area (Å²) in [7, 11) is 2.71. The van der Waals surface area contributed by atoms with Crippen molar-refractivity contribution in [1.29, 1.82) is 5.41 Å². The molecule has 43 heavy (non-hydrogen) atoms. The van der Waals surface area contributed by atoms with E-state index in [1.165, 1.54) is 32.4 Å². The predicted molar refractivity (Wildman–Crippen MR) is 142 cm³/mol. The Labute approximate surface area is 240 Å². The quantitative estimate of drug-likeness (QED) is 0.111. The monoisotopic (exact) mass is 605 g/mol. The number of nitrogens with zero attached hydrogens (tertiary/aromatic N) is 1. The highest BCUT2D eigenvalue weighted by atomic mass is 19.4. The number of aliphatic carboxylic acids is 1. The molecule has 3 amide bonds. The van der Waals surface area contributed by atoms with Gasteiger partial charge in [0.15, 0.2) is 11.5 Å². The fourth-order valence-corrected chi connectivity index (χ4v) is 3.75. The number of hydrazine groups is 1. The first-order chi connectivity index (χ1) is 20.2. The first-order valence-electron chi connectivity index (χ1n) is 11.9. The Balaban J connectivity index is 0.000000646. The lowest BCUT2D eigenvalue weighted by molar-refractivity contribution is -0.192. The van der Waals surface area contributed by atoms with Crippen molar-refractivity contribution in [3.05, 3.63) is 88.7 Å². The average Bonchev–Trinajstić information content (AvgIpc) is 3.20. The van der Waals surface area contributed by atoms with Crippen LogP contribution in [0.3, 0.4) is 0 Å². The highest BCUT2D eigenvalue weighted by Gasteiger charge is 2.39. The van der Waals surface area contributed by atoms with E-state index in [9.17, 15) is 27.6 Å². The largest absolute Gasteiger partial charge is 0.493 e. The number of halogens is 4. The number of carbonyl (C=O) groups excluding carboxylic acids is 3. The molecule has 1 unspecified atom stereocenters. The van der Waals surface area contributed by atoms with Gasteiger partial charge in [-0.2, -0.15) is 18.2 Å². The van der Waals surface area contributed by atoms with Crippen molar-refractivity contribution in [2.24, 2.45) is 5.73 Å². The number of rotatable bonds is 8. The van der Waals surface area contributed by atoms with E-state index in [2.05, 4.69) is 10.7 Å². The fourth-order valence-electron chi connectivity index (χ4n) is 3.75. The lowest BCUT2D eigenvalue weighted by Gasteiger charge is -2.24. The maximum Gasteiger partial charge on any atom is 0.490 e. The summed E-state index contributed by atoms with van der Waals surface area (Å²) in [5, 5.41) is 18.2. The van der Waals surface area contributed by atoms with Crippen LogP contribution >= 0.6 is 0 Å². The molecule has 4 rings (SSSR count). The number of carbonyl (C=O) groups is 4. The van der Waals surface area contributed by atoms with E-state index in [1.807, 2.05) is 0 Å². The van der Waals surface area contributed by atoms with Crippen LogP contribution in [0.5, 0.6) is 11.5 Å². The van der Waals surface area contributed by atoms with Crippen molar-refractivity contribution < 1.29 is 51.3 Å². The Bertz CT molecular complexity index is 1540. The average molecular weight is 606 g/mol. The number of carboxylic acid groups (broad SMARTS) is 1. The van der Waals surface area contributed by atoms with Crippen LogP contribution in [-0.2, 0) is 9.59 Å². The molecule has 0 bridgehead atoms. The van der Waals surface area contributed by atoms with Gasteiger partial charge in [-0.25, -0.2) is 9.18 Å². The maximum atomic E-state index is 15.2. The number of nitrogen functional groups attached to an aromatic ring is 1. The highest BCUT2D eigenvalue weighted by Crippen LogP contribution is 2.34. The summed E-state index contributed by atoms with van der Waals surface area (Å²) in [4.78, 5) is 47.8. The van der Waals surface area contributed by atoms with Crippen LogP contribution in [-0.4, -0.2) is 60.0 Å². The van der Waals surface area contributed by atoms with Gasteiger partial charge in [-0.05, 0) is 42.5 Å². The summed E-state index contributed by atoms with van der Waals surface area (Å²) < 4.78 is 57.3. The summed E-state index contributed by atoms with van der Waals surface area (Å²) >= 11 is 0. The van der Waals surface area contributed by atoms with Gasteiger partial charge in [0.1, 0.15) is 17.7 Å². The van der Waals surface area contributed by atoms with Crippen molar-refractivity contribution in [2.45, 2.75) is 12.2 Å². The Hall–Kier alpha value is -5.67. The van der Waals surface area contributed by atoms with Gasteiger partial charge in [0.05, 0.1) is 25.3 Å². The third-order valence-corrected chi connectivity index (χ3v) is 5.84. The van der Waals surface area contributed by atoms with Crippen LogP contribution < -0.4 is 25.9 Å². The van der Waals surface area contributed by atoms with E-state index < -0.39 is 41.7 Å². The maximum absolute atomic E-state index is 15.2. The molecule has 0 aromatic heterocycles. The number of anilines is 1.